The third-order valence-corrected chi connectivity index (χ3v) is 8.02. The lowest BCUT2D eigenvalue weighted by Crippen LogP contribution is -2.56. The van der Waals surface area contributed by atoms with E-state index in [0.29, 0.717) is 30.4 Å². The van der Waals surface area contributed by atoms with Crippen LogP contribution in [0.15, 0.2) is 40.9 Å². The predicted octanol–water partition coefficient (Wildman–Crippen LogP) is 1.57. The molecular weight excluding hydrogens is 628 g/mol. The summed E-state index contributed by atoms with van der Waals surface area (Å²) in [5.74, 6) is -1.72. The maximum absolute atomic E-state index is 13.5. The van der Waals surface area contributed by atoms with Crippen LogP contribution in [0.3, 0.4) is 0 Å². The van der Waals surface area contributed by atoms with Crippen LogP contribution >= 0.6 is 0 Å². The first kappa shape index (κ1) is 33.9. The molecule has 2 aliphatic rings. The number of carbonyl (C=O) groups excluding carboxylic acids is 4. The van der Waals surface area contributed by atoms with E-state index in [4.69, 9.17) is 14.0 Å². The summed E-state index contributed by atoms with van der Waals surface area (Å²) in [6, 6.07) is 8.66. The van der Waals surface area contributed by atoms with Crippen molar-refractivity contribution >= 4 is 29.8 Å². The van der Waals surface area contributed by atoms with E-state index in [9.17, 15) is 29.1 Å². The number of piperazine rings is 1. The summed E-state index contributed by atoms with van der Waals surface area (Å²) in [6.45, 7) is 4.61. The maximum Gasteiger partial charge on any atom is 0.409 e. The standard InChI is InChI=1S/C31H38N8O9/c1-3-46-31(45)37-16-14-36(15-17-37)30(44)22(11-12-27(41)42)33-28(43)23-18-26(39(34-23)21-8-5-4-6-9-21)47-19-25(40)38-13-7-10-24(38)29-32-20(2)35-48-29/h4-6,8-9,18,22,24H,3,7,10-17,19H2,1-2H3,(H,33,43)(H,41,42). The monoisotopic (exact) mass is 666 g/mol. The number of para-hydroxylation sites is 1. The van der Waals surface area contributed by atoms with Gasteiger partial charge in [-0.3, -0.25) is 19.2 Å². The Balaban J connectivity index is 1.30. The van der Waals surface area contributed by atoms with E-state index in [1.807, 2.05) is 6.07 Å². The van der Waals surface area contributed by atoms with Crippen LogP contribution in [0.4, 0.5) is 4.79 Å². The lowest BCUT2D eigenvalue weighted by Gasteiger charge is -2.35. The second-order valence-electron chi connectivity index (χ2n) is 11.3. The molecule has 0 aliphatic carbocycles. The van der Waals surface area contributed by atoms with Gasteiger partial charge < -0.3 is 39.1 Å². The van der Waals surface area contributed by atoms with Crippen molar-refractivity contribution in [1.29, 1.82) is 0 Å². The van der Waals surface area contributed by atoms with Crippen molar-refractivity contribution in [1.82, 2.24) is 39.9 Å². The lowest BCUT2D eigenvalue weighted by atomic mass is 10.1. The van der Waals surface area contributed by atoms with Gasteiger partial charge in [-0.05, 0) is 45.2 Å². The van der Waals surface area contributed by atoms with Crippen LogP contribution in [0.25, 0.3) is 5.69 Å². The van der Waals surface area contributed by atoms with Gasteiger partial charge >= 0.3 is 12.1 Å². The van der Waals surface area contributed by atoms with Crippen molar-refractivity contribution in [2.75, 3.05) is 45.9 Å². The first-order valence-electron chi connectivity index (χ1n) is 15.8. The number of carbonyl (C=O) groups is 5. The number of amides is 4. The van der Waals surface area contributed by atoms with E-state index in [1.165, 1.54) is 20.5 Å². The Morgan fingerprint density at radius 2 is 1.79 bits per heavy atom. The molecule has 5 rings (SSSR count). The molecule has 48 heavy (non-hydrogen) atoms. The Kier molecular flexibility index (Phi) is 10.9. The summed E-state index contributed by atoms with van der Waals surface area (Å²) < 4.78 is 17.6. The number of nitrogens with one attached hydrogen (secondary N) is 1. The SMILES string of the molecule is CCOC(=O)N1CCN(C(=O)C(CCC(=O)O)NC(=O)c2cc(OCC(=O)N3CCCC3c3nc(C)no3)n(-c3ccccc3)n2)CC1. The van der Waals surface area contributed by atoms with E-state index >= 15 is 0 Å². The Morgan fingerprint density at radius 3 is 2.46 bits per heavy atom. The second kappa shape index (κ2) is 15.4. The topological polar surface area (TPSA) is 203 Å². The Bertz CT molecular complexity index is 1620. The molecular formula is C31H38N8O9. The van der Waals surface area contributed by atoms with Gasteiger partial charge in [0, 0.05) is 45.2 Å². The Morgan fingerprint density at radius 1 is 1.06 bits per heavy atom. The molecule has 17 nitrogen and oxygen atoms in total. The summed E-state index contributed by atoms with van der Waals surface area (Å²) in [5.41, 5.74) is 0.444. The molecule has 2 fully saturated rings. The highest BCUT2D eigenvalue weighted by Crippen LogP contribution is 2.31. The van der Waals surface area contributed by atoms with Gasteiger partial charge in [0.15, 0.2) is 18.1 Å². The number of rotatable bonds is 12. The smallest absolute Gasteiger partial charge is 0.409 e. The number of aromatic nitrogens is 4. The molecule has 0 bridgehead atoms. The molecule has 2 saturated heterocycles. The van der Waals surface area contributed by atoms with Gasteiger partial charge in [-0.15, -0.1) is 0 Å². The van der Waals surface area contributed by atoms with Crippen molar-refractivity contribution in [3.05, 3.63) is 53.8 Å². The molecule has 4 amide bonds. The zero-order valence-electron chi connectivity index (χ0n) is 26.7. The third-order valence-electron chi connectivity index (χ3n) is 8.02. The number of aryl methyl sites for hydroxylation is 1. The van der Waals surface area contributed by atoms with Crippen molar-refractivity contribution in [3.63, 3.8) is 0 Å². The zero-order chi connectivity index (χ0) is 34.2. The normalized spacial score (nSPS) is 16.8. The number of ether oxygens (including phenoxy) is 2. The van der Waals surface area contributed by atoms with E-state index in [1.54, 1.807) is 43.0 Å². The van der Waals surface area contributed by atoms with Crippen LogP contribution in [-0.2, 0) is 19.1 Å². The molecule has 0 radical (unpaired) electrons. The van der Waals surface area contributed by atoms with E-state index in [0.717, 1.165) is 6.42 Å². The molecule has 2 unspecified atom stereocenters. The van der Waals surface area contributed by atoms with Crippen LogP contribution in [0.2, 0.25) is 0 Å². The fourth-order valence-electron chi connectivity index (χ4n) is 5.62. The van der Waals surface area contributed by atoms with Gasteiger partial charge in [0.1, 0.15) is 12.1 Å². The average Bonchev–Trinajstić information content (AvgIpc) is 3.85. The number of likely N-dealkylation sites (tertiary alicyclic amines) is 1. The van der Waals surface area contributed by atoms with Gasteiger partial charge in [-0.2, -0.15) is 10.1 Å². The molecule has 2 aromatic heterocycles. The van der Waals surface area contributed by atoms with Gasteiger partial charge in [0.05, 0.1) is 12.3 Å². The minimum absolute atomic E-state index is 0.104. The van der Waals surface area contributed by atoms with Gasteiger partial charge in [0.2, 0.25) is 17.7 Å². The quantitative estimate of drug-likeness (QED) is 0.283. The number of aliphatic carboxylic acids is 1. The molecule has 256 valence electrons. The van der Waals surface area contributed by atoms with Crippen molar-refractivity contribution < 1.29 is 43.1 Å². The second-order valence-corrected chi connectivity index (χ2v) is 11.3. The van der Waals surface area contributed by atoms with Crippen LogP contribution in [0, 0.1) is 6.92 Å². The zero-order valence-corrected chi connectivity index (χ0v) is 26.7. The van der Waals surface area contributed by atoms with Crippen LogP contribution < -0.4 is 10.1 Å². The Hall–Kier alpha value is -5.48. The first-order chi connectivity index (χ1) is 23.1. The van der Waals surface area contributed by atoms with Crippen molar-refractivity contribution in [3.8, 4) is 11.6 Å². The molecule has 0 spiro atoms. The minimum atomic E-state index is -1.17. The molecule has 0 saturated carbocycles. The van der Waals surface area contributed by atoms with E-state index in [2.05, 4.69) is 20.6 Å². The molecule has 4 heterocycles. The van der Waals surface area contributed by atoms with Crippen molar-refractivity contribution in [2.24, 2.45) is 0 Å². The fraction of sp³-hybridized carbons (Fsp3) is 0.484. The van der Waals surface area contributed by atoms with Crippen molar-refractivity contribution in [2.45, 2.75) is 51.6 Å². The van der Waals surface area contributed by atoms with Crippen LogP contribution in [-0.4, -0.2) is 121 Å². The average molecular weight is 667 g/mol. The van der Waals surface area contributed by atoms with E-state index < -0.39 is 29.9 Å². The molecule has 2 aliphatic heterocycles. The lowest BCUT2D eigenvalue weighted by molar-refractivity contribution is -0.138. The van der Waals surface area contributed by atoms with Gasteiger partial charge in [0.25, 0.3) is 11.8 Å². The van der Waals surface area contributed by atoms with Gasteiger partial charge in [-0.25, -0.2) is 9.48 Å². The predicted molar refractivity (Wildman–Crippen MR) is 165 cm³/mol. The highest BCUT2D eigenvalue weighted by Gasteiger charge is 2.35. The minimum Gasteiger partial charge on any atom is -0.481 e. The fourth-order valence-corrected chi connectivity index (χ4v) is 5.62. The summed E-state index contributed by atoms with van der Waals surface area (Å²) in [5, 5.41) is 20.2. The largest absolute Gasteiger partial charge is 0.481 e. The molecule has 2 N–H and O–H groups in total. The maximum atomic E-state index is 13.5. The number of hydrogen-bond donors (Lipinski definition) is 2. The number of benzene rings is 1. The summed E-state index contributed by atoms with van der Waals surface area (Å²) in [4.78, 5) is 72.6. The highest BCUT2D eigenvalue weighted by molar-refractivity contribution is 5.96. The van der Waals surface area contributed by atoms with E-state index in [-0.39, 0.29) is 75.8 Å². The summed E-state index contributed by atoms with van der Waals surface area (Å²) >= 11 is 0. The number of carboxylic acids is 1. The first-order valence-corrected chi connectivity index (χ1v) is 15.8. The third kappa shape index (κ3) is 8.08. The number of nitrogens with zero attached hydrogens (tertiary/aromatic N) is 7. The van der Waals surface area contributed by atoms with Gasteiger partial charge in [-0.1, -0.05) is 23.4 Å². The Labute approximate surface area is 275 Å². The highest BCUT2D eigenvalue weighted by atomic mass is 16.6. The molecule has 17 heteroatoms. The molecule has 1 aromatic carbocycles. The number of carboxylic acid groups (broad SMARTS) is 1. The summed E-state index contributed by atoms with van der Waals surface area (Å²) in [6.07, 6.45) is 0.423. The van der Waals surface area contributed by atoms with Crippen LogP contribution in [0.1, 0.15) is 60.9 Å². The summed E-state index contributed by atoms with van der Waals surface area (Å²) in [7, 11) is 0. The molecule has 2 atom stereocenters. The number of hydrogen-bond acceptors (Lipinski definition) is 11. The van der Waals surface area contributed by atoms with Crippen LogP contribution in [0.5, 0.6) is 5.88 Å². The molecule has 3 aromatic rings.